The molecule has 25 heavy (non-hydrogen) atoms. The number of esters is 1. The van der Waals surface area contributed by atoms with Gasteiger partial charge in [0, 0.05) is 24.4 Å². The molecule has 1 aliphatic carbocycles. The van der Waals surface area contributed by atoms with E-state index in [9.17, 15) is 14.4 Å². The van der Waals surface area contributed by atoms with E-state index in [4.69, 9.17) is 14.2 Å². The van der Waals surface area contributed by atoms with Crippen LogP contribution < -0.4 is 14.8 Å². The maximum Gasteiger partial charge on any atom is 0.306 e. The van der Waals surface area contributed by atoms with Crippen LogP contribution in [0.5, 0.6) is 11.5 Å². The average molecular weight is 347 g/mol. The lowest BCUT2D eigenvalue weighted by atomic mass is 10.1. The summed E-state index contributed by atoms with van der Waals surface area (Å²) in [5.41, 5.74) is 0.462. The van der Waals surface area contributed by atoms with Crippen LogP contribution in [0.4, 0.5) is 0 Å². The van der Waals surface area contributed by atoms with Gasteiger partial charge in [-0.25, -0.2) is 0 Å². The molecule has 1 aliphatic heterocycles. The molecule has 0 atom stereocenters. The monoisotopic (exact) mass is 347 g/mol. The van der Waals surface area contributed by atoms with Crippen LogP contribution in [0.15, 0.2) is 18.2 Å². The van der Waals surface area contributed by atoms with Crippen LogP contribution in [0.25, 0.3) is 0 Å². The summed E-state index contributed by atoms with van der Waals surface area (Å²) in [5, 5.41) is 2.73. The molecule has 0 bridgehead atoms. The van der Waals surface area contributed by atoms with Crippen molar-refractivity contribution < 1.29 is 28.6 Å². The molecule has 3 rings (SSSR count). The number of hydrogen-bond acceptors (Lipinski definition) is 6. The zero-order valence-electron chi connectivity index (χ0n) is 13.9. The Hall–Kier alpha value is -2.57. The molecule has 0 saturated heterocycles. The van der Waals surface area contributed by atoms with E-state index in [2.05, 4.69) is 5.32 Å². The standard InChI is InChI=1S/C18H21NO6/c20-14(5-7-18(22)25-11-17(21)19-13-3-4-13)12-2-6-15-16(10-12)24-9-1-8-23-15/h2,6,10,13H,1,3-5,7-9,11H2,(H,19,21). The summed E-state index contributed by atoms with van der Waals surface area (Å²) in [7, 11) is 0. The lowest BCUT2D eigenvalue weighted by Crippen LogP contribution is -2.30. The zero-order valence-corrected chi connectivity index (χ0v) is 13.9. The fourth-order valence-electron chi connectivity index (χ4n) is 2.41. The van der Waals surface area contributed by atoms with Crippen molar-refractivity contribution in [2.24, 2.45) is 0 Å². The molecule has 0 aromatic heterocycles. The van der Waals surface area contributed by atoms with Crippen molar-refractivity contribution in [1.82, 2.24) is 5.32 Å². The van der Waals surface area contributed by atoms with Crippen LogP contribution in [0.1, 0.15) is 42.5 Å². The first-order valence-corrected chi connectivity index (χ1v) is 8.49. The minimum atomic E-state index is -0.561. The largest absolute Gasteiger partial charge is 0.490 e. The van der Waals surface area contributed by atoms with Crippen molar-refractivity contribution >= 4 is 17.7 Å². The molecule has 0 spiro atoms. The molecular weight excluding hydrogens is 326 g/mol. The summed E-state index contributed by atoms with van der Waals surface area (Å²) in [6.45, 7) is 0.827. The predicted octanol–water partition coefficient (Wildman–Crippen LogP) is 1.63. The highest BCUT2D eigenvalue weighted by atomic mass is 16.5. The van der Waals surface area contributed by atoms with Crippen LogP contribution in [0.2, 0.25) is 0 Å². The maximum absolute atomic E-state index is 12.2. The molecule has 0 radical (unpaired) electrons. The first-order chi connectivity index (χ1) is 12.1. The molecule has 2 aliphatic rings. The molecule has 1 amide bonds. The highest BCUT2D eigenvalue weighted by Crippen LogP contribution is 2.30. The van der Waals surface area contributed by atoms with Crippen molar-refractivity contribution in [1.29, 1.82) is 0 Å². The predicted molar refractivity (Wildman–Crippen MR) is 87.7 cm³/mol. The summed E-state index contributed by atoms with van der Waals surface area (Å²) >= 11 is 0. The van der Waals surface area contributed by atoms with E-state index in [1.807, 2.05) is 0 Å². The zero-order chi connectivity index (χ0) is 17.6. The van der Waals surface area contributed by atoms with E-state index in [-0.39, 0.29) is 37.2 Å². The Morgan fingerprint density at radius 2 is 1.84 bits per heavy atom. The maximum atomic E-state index is 12.2. The van der Waals surface area contributed by atoms with Crippen LogP contribution in [0, 0.1) is 0 Å². The third-order valence-electron chi connectivity index (χ3n) is 3.93. The quantitative estimate of drug-likeness (QED) is 0.595. The van der Waals surface area contributed by atoms with Gasteiger partial charge >= 0.3 is 5.97 Å². The summed E-state index contributed by atoms with van der Waals surface area (Å²) in [5.74, 6) is 0.117. The number of benzene rings is 1. The first-order valence-electron chi connectivity index (χ1n) is 8.49. The molecule has 1 fully saturated rings. The number of carbonyl (C=O) groups excluding carboxylic acids is 3. The van der Waals surface area contributed by atoms with Crippen molar-refractivity contribution in [2.75, 3.05) is 19.8 Å². The number of ketones is 1. The van der Waals surface area contributed by atoms with Crippen molar-refractivity contribution in [2.45, 2.75) is 38.1 Å². The number of Topliss-reactive ketones (excluding diaryl/α,β-unsaturated/α-hetero) is 1. The average Bonchev–Trinajstić information content (AvgIpc) is 3.43. The van der Waals surface area contributed by atoms with Crippen LogP contribution in [0.3, 0.4) is 0 Å². The number of hydrogen-bond donors (Lipinski definition) is 1. The fourth-order valence-corrected chi connectivity index (χ4v) is 2.41. The summed E-state index contributed by atoms with van der Waals surface area (Å²) in [6.07, 6.45) is 2.69. The van der Waals surface area contributed by atoms with E-state index >= 15 is 0 Å². The molecule has 1 aromatic carbocycles. The van der Waals surface area contributed by atoms with Gasteiger partial charge in [0.15, 0.2) is 23.9 Å². The minimum Gasteiger partial charge on any atom is -0.490 e. The molecular formula is C18H21NO6. The third kappa shape index (κ3) is 5.20. The Morgan fingerprint density at radius 3 is 2.60 bits per heavy atom. The van der Waals surface area contributed by atoms with Crippen molar-refractivity contribution in [3.8, 4) is 11.5 Å². The van der Waals surface area contributed by atoms with Gasteiger partial charge in [0.2, 0.25) is 0 Å². The van der Waals surface area contributed by atoms with Gasteiger partial charge in [0.05, 0.1) is 19.6 Å². The third-order valence-corrected chi connectivity index (χ3v) is 3.93. The van der Waals surface area contributed by atoms with Gasteiger partial charge in [-0.15, -0.1) is 0 Å². The SMILES string of the molecule is O=C(COC(=O)CCC(=O)c1ccc2c(c1)OCCCO2)NC1CC1. The van der Waals surface area contributed by atoms with Gasteiger partial charge in [0.1, 0.15) is 0 Å². The highest BCUT2D eigenvalue weighted by molar-refractivity contribution is 5.98. The highest BCUT2D eigenvalue weighted by Gasteiger charge is 2.23. The molecule has 7 nitrogen and oxygen atoms in total. The molecule has 1 aromatic rings. The Bertz CT molecular complexity index is 668. The number of nitrogens with one attached hydrogen (secondary N) is 1. The summed E-state index contributed by atoms with van der Waals surface area (Å²) in [4.78, 5) is 35.3. The Balaban J connectivity index is 1.44. The molecule has 1 N–H and O–H groups in total. The lowest BCUT2D eigenvalue weighted by Gasteiger charge is -2.09. The number of rotatable bonds is 7. The van der Waals surface area contributed by atoms with Gasteiger partial charge in [-0.3, -0.25) is 14.4 Å². The van der Waals surface area contributed by atoms with Gasteiger partial charge < -0.3 is 19.5 Å². The van der Waals surface area contributed by atoms with Gasteiger partial charge in [0.25, 0.3) is 5.91 Å². The van der Waals surface area contributed by atoms with E-state index in [1.54, 1.807) is 18.2 Å². The van der Waals surface area contributed by atoms with Crippen molar-refractivity contribution in [3.63, 3.8) is 0 Å². The lowest BCUT2D eigenvalue weighted by molar-refractivity contribution is -0.148. The normalized spacial score (nSPS) is 15.8. The van der Waals surface area contributed by atoms with Crippen LogP contribution >= 0.6 is 0 Å². The molecule has 134 valence electrons. The second kappa shape index (κ2) is 8.00. The Kier molecular flexibility index (Phi) is 5.53. The number of carbonyl (C=O) groups is 3. The molecule has 1 heterocycles. The molecule has 7 heteroatoms. The molecule has 0 unspecified atom stereocenters. The van der Waals surface area contributed by atoms with E-state index in [0.717, 1.165) is 19.3 Å². The fraction of sp³-hybridized carbons (Fsp3) is 0.500. The topological polar surface area (TPSA) is 90.9 Å². The van der Waals surface area contributed by atoms with E-state index < -0.39 is 5.97 Å². The number of fused-ring (bicyclic) bond motifs is 1. The van der Waals surface area contributed by atoms with Crippen LogP contribution in [-0.4, -0.2) is 43.5 Å². The van der Waals surface area contributed by atoms with E-state index in [1.165, 1.54) is 0 Å². The second-order valence-corrected chi connectivity index (χ2v) is 6.14. The van der Waals surface area contributed by atoms with E-state index in [0.29, 0.717) is 30.3 Å². The van der Waals surface area contributed by atoms with Gasteiger partial charge in [-0.1, -0.05) is 0 Å². The number of amides is 1. The second-order valence-electron chi connectivity index (χ2n) is 6.14. The van der Waals surface area contributed by atoms with Crippen molar-refractivity contribution in [3.05, 3.63) is 23.8 Å². The Morgan fingerprint density at radius 1 is 1.08 bits per heavy atom. The molecule has 1 saturated carbocycles. The summed E-state index contributed by atoms with van der Waals surface area (Å²) in [6, 6.07) is 5.22. The van der Waals surface area contributed by atoms with Gasteiger partial charge in [-0.05, 0) is 31.0 Å². The smallest absolute Gasteiger partial charge is 0.306 e. The van der Waals surface area contributed by atoms with Crippen LogP contribution in [-0.2, 0) is 14.3 Å². The first kappa shape index (κ1) is 17.3. The van der Waals surface area contributed by atoms with Gasteiger partial charge in [-0.2, -0.15) is 0 Å². The minimum absolute atomic E-state index is 0.0166. The Labute approximate surface area is 145 Å². The number of ether oxygens (including phenoxy) is 3. The summed E-state index contributed by atoms with van der Waals surface area (Å²) < 4.78 is 16.0.